The Bertz CT molecular complexity index is 790. The van der Waals surface area contributed by atoms with Crippen LogP contribution in [0.15, 0.2) is 53.4 Å². The van der Waals surface area contributed by atoms with Crippen molar-refractivity contribution in [1.29, 1.82) is 0 Å². The number of aromatic nitrogens is 2. The van der Waals surface area contributed by atoms with Crippen LogP contribution in [0.4, 0.5) is 17.3 Å². The fraction of sp³-hybridized carbons (Fsp3) is 0.176. The number of nitrogens with zero attached hydrogens (tertiary/aromatic N) is 2. The van der Waals surface area contributed by atoms with Crippen LogP contribution in [-0.2, 0) is 6.54 Å². The minimum Gasteiger partial charge on any atom is -0.497 e. The molecule has 124 valence electrons. The molecule has 0 fully saturated rings. The van der Waals surface area contributed by atoms with E-state index in [1.165, 1.54) is 6.33 Å². The van der Waals surface area contributed by atoms with Gasteiger partial charge in [0.05, 0.1) is 32.7 Å². The first-order valence-corrected chi connectivity index (χ1v) is 7.36. The summed E-state index contributed by atoms with van der Waals surface area (Å²) in [4.78, 5) is 8.42. The Hall–Kier alpha value is -3.22. The summed E-state index contributed by atoms with van der Waals surface area (Å²) in [6.07, 6.45) is 3.13. The molecule has 0 amide bonds. The van der Waals surface area contributed by atoms with Gasteiger partial charge in [-0.15, -0.1) is 0 Å². The van der Waals surface area contributed by atoms with Crippen LogP contribution in [0.2, 0.25) is 0 Å². The highest BCUT2D eigenvalue weighted by Crippen LogP contribution is 2.31. The van der Waals surface area contributed by atoms with E-state index in [-0.39, 0.29) is 0 Å². The number of hydrogen-bond donors (Lipinski definition) is 2. The molecule has 2 aromatic heterocycles. The van der Waals surface area contributed by atoms with Crippen LogP contribution in [0.1, 0.15) is 5.76 Å². The van der Waals surface area contributed by atoms with Gasteiger partial charge >= 0.3 is 0 Å². The number of anilines is 3. The quantitative estimate of drug-likeness (QED) is 0.688. The van der Waals surface area contributed by atoms with Gasteiger partial charge in [0, 0.05) is 12.1 Å². The zero-order valence-corrected chi connectivity index (χ0v) is 13.4. The SMILES string of the molecule is COc1ccc(Nc2cc(NCc3ccco3)ncn2)c(OC)c1. The van der Waals surface area contributed by atoms with Crippen LogP contribution in [0.3, 0.4) is 0 Å². The molecule has 0 radical (unpaired) electrons. The second-order valence-electron chi connectivity index (χ2n) is 4.91. The van der Waals surface area contributed by atoms with Crippen LogP contribution in [-0.4, -0.2) is 24.2 Å². The highest BCUT2D eigenvalue weighted by atomic mass is 16.5. The number of benzene rings is 1. The molecular weight excluding hydrogens is 308 g/mol. The third-order valence-corrected chi connectivity index (χ3v) is 3.36. The molecule has 0 bridgehead atoms. The minimum atomic E-state index is 0.551. The van der Waals surface area contributed by atoms with E-state index in [1.807, 2.05) is 30.3 Å². The topological polar surface area (TPSA) is 81.4 Å². The van der Waals surface area contributed by atoms with Crippen LogP contribution in [0.25, 0.3) is 0 Å². The smallest absolute Gasteiger partial charge is 0.146 e. The van der Waals surface area contributed by atoms with Gasteiger partial charge in [-0.05, 0) is 24.3 Å². The van der Waals surface area contributed by atoms with Crippen molar-refractivity contribution in [2.45, 2.75) is 6.54 Å². The van der Waals surface area contributed by atoms with Crippen molar-refractivity contribution in [1.82, 2.24) is 9.97 Å². The van der Waals surface area contributed by atoms with Crippen molar-refractivity contribution < 1.29 is 13.9 Å². The first-order valence-electron chi connectivity index (χ1n) is 7.36. The molecule has 3 rings (SSSR count). The van der Waals surface area contributed by atoms with E-state index in [9.17, 15) is 0 Å². The molecule has 0 spiro atoms. The van der Waals surface area contributed by atoms with Gasteiger partial charge in [0.2, 0.25) is 0 Å². The second kappa shape index (κ2) is 7.36. The summed E-state index contributed by atoms with van der Waals surface area (Å²) in [5, 5.41) is 6.40. The average molecular weight is 326 g/mol. The summed E-state index contributed by atoms with van der Waals surface area (Å²) in [5.41, 5.74) is 0.786. The molecule has 0 unspecified atom stereocenters. The molecule has 0 atom stereocenters. The van der Waals surface area contributed by atoms with Crippen LogP contribution in [0.5, 0.6) is 11.5 Å². The van der Waals surface area contributed by atoms with Crippen molar-refractivity contribution >= 4 is 17.3 Å². The Morgan fingerprint density at radius 3 is 2.67 bits per heavy atom. The van der Waals surface area contributed by atoms with E-state index in [4.69, 9.17) is 13.9 Å². The summed E-state index contributed by atoms with van der Waals surface area (Å²) in [5.74, 6) is 3.56. The maximum atomic E-state index is 5.37. The largest absolute Gasteiger partial charge is 0.497 e. The lowest BCUT2D eigenvalue weighted by Gasteiger charge is -2.12. The second-order valence-corrected chi connectivity index (χ2v) is 4.91. The number of methoxy groups -OCH3 is 2. The fourth-order valence-corrected chi connectivity index (χ4v) is 2.15. The molecule has 3 aromatic rings. The standard InChI is InChI=1S/C17H18N4O3/c1-22-12-5-6-14(15(8-12)23-2)21-17-9-16(19-11-20-17)18-10-13-4-3-7-24-13/h3-9,11H,10H2,1-2H3,(H2,18,19,20,21). The Balaban J connectivity index is 1.72. The number of rotatable bonds is 7. The third kappa shape index (κ3) is 3.75. The number of furan rings is 1. The van der Waals surface area contributed by atoms with E-state index in [0.29, 0.717) is 23.9 Å². The molecule has 2 heterocycles. The molecule has 7 heteroatoms. The number of hydrogen-bond acceptors (Lipinski definition) is 7. The van der Waals surface area contributed by atoms with Gasteiger partial charge in [0.15, 0.2) is 0 Å². The van der Waals surface area contributed by atoms with Gasteiger partial charge in [0.25, 0.3) is 0 Å². The summed E-state index contributed by atoms with van der Waals surface area (Å²) in [6, 6.07) is 11.1. The van der Waals surface area contributed by atoms with Crippen molar-refractivity contribution in [3.8, 4) is 11.5 Å². The van der Waals surface area contributed by atoms with E-state index in [0.717, 1.165) is 17.2 Å². The van der Waals surface area contributed by atoms with Crippen LogP contribution < -0.4 is 20.1 Å². The summed E-state index contributed by atoms with van der Waals surface area (Å²) in [7, 11) is 3.22. The fourth-order valence-electron chi connectivity index (χ4n) is 2.15. The maximum absolute atomic E-state index is 5.37. The first kappa shape index (κ1) is 15.7. The van der Waals surface area contributed by atoms with Gasteiger partial charge in [-0.1, -0.05) is 0 Å². The molecule has 0 aliphatic rings. The number of ether oxygens (including phenoxy) is 2. The van der Waals surface area contributed by atoms with Gasteiger partial charge in [0.1, 0.15) is 35.2 Å². The van der Waals surface area contributed by atoms with Crippen LogP contribution in [0, 0.1) is 0 Å². The third-order valence-electron chi connectivity index (χ3n) is 3.36. The normalized spacial score (nSPS) is 10.2. The molecule has 2 N–H and O–H groups in total. The molecule has 0 saturated heterocycles. The zero-order chi connectivity index (χ0) is 16.8. The Morgan fingerprint density at radius 2 is 1.92 bits per heavy atom. The Labute approximate surface area is 139 Å². The predicted octanol–water partition coefficient (Wildman–Crippen LogP) is 3.44. The summed E-state index contributed by atoms with van der Waals surface area (Å²) < 4.78 is 15.9. The average Bonchev–Trinajstić information content (AvgIpc) is 3.14. The van der Waals surface area contributed by atoms with E-state index >= 15 is 0 Å². The molecular formula is C17H18N4O3. The lowest BCUT2D eigenvalue weighted by molar-refractivity contribution is 0.395. The maximum Gasteiger partial charge on any atom is 0.146 e. The summed E-state index contributed by atoms with van der Waals surface area (Å²) in [6.45, 7) is 0.551. The summed E-state index contributed by atoms with van der Waals surface area (Å²) >= 11 is 0. The molecule has 0 aliphatic carbocycles. The molecule has 0 saturated carbocycles. The Kier molecular flexibility index (Phi) is 4.81. The zero-order valence-electron chi connectivity index (χ0n) is 13.4. The lowest BCUT2D eigenvalue weighted by atomic mass is 10.2. The van der Waals surface area contributed by atoms with Gasteiger partial charge in [-0.25, -0.2) is 9.97 Å². The highest BCUT2D eigenvalue weighted by molar-refractivity contribution is 5.66. The van der Waals surface area contributed by atoms with Crippen molar-refractivity contribution in [2.75, 3.05) is 24.9 Å². The van der Waals surface area contributed by atoms with Gasteiger partial charge in [-0.2, -0.15) is 0 Å². The van der Waals surface area contributed by atoms with E-state index < -0.39 is 0 Å². The lowest BCUT2D eigenvalue weighted by Crippen LogP contribution is -2.03. The number of nitrogens with one attached hydrogen (secondary N) is 2. The van der Waals surface area contributed by atoms with E-state index in [1.54, 1.807) is 26.5 Å². The van der Waals surface area contributed by atoms with Crippen LogP contribution >= 0.6 is 0 Å². The molecule has 7 nitrogen and oxygen atoms in total. The molecule has 0 aliphatic heterocycles. The van der Waals surface area contributed by atoms with E-state index in [2.05, 4.69) is 20.6 Å². The van der Waals surface area contributed by atoms with Crippen molar-refractivity contribution in [3.63, 3.8) is 0 Å². The Morgan fingerprint density at radius 1 is 1.04 bits per heavy atom. The molecule has 24 heavy (non-hydrogen) atoms. The first-order chi connectivity index (χ1) is 11.8. The van der Waals surface area contributed by atoms with Gasteiger partial charge < -0.3 is 24.5 Å². The van der Waals surface area contributed by atoms with Crippen molar-refractivity contribution in [2.24, 2.45) is 0 Å². The highest BCUT2D eigenvalue weighted by Gasteiger charge is 2.07. The molecule has 1 aromatic carbocycles. The minimum absolute atomic E-state index is 0.551. The monoisotopic (exact) mass is 326 g/mol. The van der Waals surface area contributed by atoms with Gasteiger partial charge in [-0.3, -0.25) is 0 Å². The predicted molar refractivity (Wildman–Crippen MR) is 90.9 cm³/mol. The van der Waals surface area contributed by atoms with Crippen molar-refractivity contribution in [3.05, 3.63) is 54.7 Å².